The maximum atomic E-state index is 13.3. The van der Waals surface area contributed by atoms with E-state index in [0.717, 1.165) is 11.6 Å². The fourth-order valence-corrected chi connectivity index (χ4v) is 3.78. The molecule has 0 heterocycles. The molecule has 118 valence electrons. The first-order valence-electron chi connectivity index (χ1n) is 7.33. The van der Waals surface area contributed by atoms with Gasteiger partial charge < -0.3 is 4.74 Å². The van der Waals surface area contributed by atoms with Gasteiger partial charge in [-0.15, -0.1) is 0 Å². The molecule has 0 aromatic heterocycles. The van der Waals surface area contributed by atoms with E-state index in [4.69, 9.17) is 4.74 Å². The highest BCUT2D eigenvalue weighted by Gasteiger charge is 2.49. The Morgan fingerprint density at radius 3 is 2.45 bits per heavy atom. The molecule has 1 aromatic rings. The average Bonchev–Trinajstić information content (AvgIpc) is 2.46. The van der Waals surface area contributed by atoms with E-state index in [-0.39, 0.29) is 17.1 Å². The summed E-state index contributed by atoms with van der Waals surface area (Å²) in [5.41, 5.74) is -0.337. The predicted molar refractivity (Wildman–Crippen MR) is 80.2 cm³/mol. The molecule has 0 fully saturated rings. The number of hydrogen-bond donors (Lipinski definition) is 0. The molecule has 0 saturated heterocycles. The zero-order valence-corrected chi connectivity index (χ0v) is 12.9. The molecule has 3 aliphatic rings. The van der Waals surface area contributed by atoms with Gasteiger partial charge in [-0.25, -0.2) is 0 Å². The van der Waals surface area contributed by atoms with E-state index < -0.39 is 17.2 Å². The van der Waals surface area contributed by atoms with Crippen LogP contribution in [0.2, 0.25) is 0 Å². The van der Waals surface area contributed by atoms with Gasteiger partial charge in [-0.05, 0) is 30.5 Å². The van der Waals surface area contributed by atoms with Crippen molar-refractivity contribution in [1.82, 2.24) is 0 Å². The first-order valence-corrected chi connectivity index (χ1v) is 7.33. The van der Waals surface area contributed by atoms with Crippen molar-refractivity contribution in [2.24, 2.45) is 11.3 Å². The zero-order chi connectivity index (χ0) is 16.2. The highest BCUT2D eigenvalue weighted by Crippen LogP contribution is 2.56. The Labute approximate surface area is 128 Å². The van der Waals surface area contributed by atoms with Crippen molar-refractivity contribution in [3.63, 3.8) is 0 Å². The summed E-state index contributed by atoms with van der Waals surface area (Å²) in [6.07, 6.45) is 2.35. The molecule has 4 heteroatoms. The zero-order valence-electron chi connectivity index (χ0n) is 12.9. The Hall–Kier alpha value is -1.55. The molecular formula is C18H19F3O. The van der Waals surface area contributed by atoms with E-state index in [1.165, 1.54) is 6.07 Å². The Kier molecular flexibility index (Phi) is 3.29. The number of hydrogen-bond acceptors (Lipinski definition) is 1. The normalized spacial score (nSPS) is 33.9. The maximum Gasteiger partial charge on any atom is 0.416 e. The standard InChI is InChI=1S/C18H19F3O/c1-16-9-8-12(17(2,11-16)22-3)10-15(16)13-6-4-5-7-14(13)18(19,20)21/h4-10,12H,11H2,1-3H3. The molecule has 0 N–H and O–H groups in total. The van der Waals surface area contributed by atoms with Crippen molar-refractivity contribution in [3.05, 3.63) is 53.6 Å². The number of rotatable bonds is 2. The number of allylic oxidation sites excluding steroid dienone is 2. The lowest BCUT2D eigenvalue weighted by Crippen LogP contribution is -2.47. The monoisotopic (exact) mass is 308 g/mol. The Morgan fingerprint density at radius 2 is 1.86 bits per heavy atom. The van der Waals surface area contributed by atoms with Crippen LogP contribution in [-0.4, -0.2) is 12.7 Å². The molecule has 3 unspecified atom stereocenters. The van der Waals surface area contributed by atoms with Crippen molar-refractivity contribution >= 4 is 5.57 Å². The summed E-state index contributed by atoms with van der Waals surface area (Å²) in [7, 11) is 1.66. The van der Waals surface area contributed by atoms with Crippen molar-refractivity contribution in [1.29, 1.82) is 0 Å². The van der Waals surface area contributed by atoms with E-state index in [9.17, 15) is 13.2 Å². The minimum atomic E-state index is -4.35. The van der Waals surface area contributed by atoms with Crippen LogP contribution < -0.4 is 0 Å². The second-order valence-electron chi connectivity index (χ2n) is 6.62. The molecule has 0 amide bonds. The van der Waals surface area contributed by atoms with E-state index in [2.05, 4.69) is 0 Å². The van der Waals surface area contributed by atoms with Crippen LogP contribution in [0.1, 0.15) is 31.4 Å². The van der Waals surface area contributed by atoms with E-state index in [1.807, 2.05) is 32.1 Å². The smallest absolute Gasteiger partial charge is 0.378 e. The first kappa shape index (κ1) is 15.3. The van der Waals surface area contributed by atoms with Crippen LogP contribution in [-0.2, 0) is 10.9 Å². The van der Waals surface area contributed by atoms with Crippen LogP contribution in [0.5, 0.6) is 0 Å². The lowest BCUT2D eigenvalue weighted by atomic mass is 9.58. The van der Waals surface area contributed by atoms with Crippen molar-refractivity contribution in [2.45, 2.75) is 32.0 Å². The van der Waals surface area contributed by atoms with Crippen LogP contribution in [0.3, 0.4) is 0 Å². The van der Waals surface area contributed by atoms with Crippen LogP contribution in [0, 0.1) is 11.3 Å². The van der Waals surface area contributed by atoms with E-state index >= 15 is 0 Å². The quantitative estimate of drug-likeness (QED) is 0.691. The first-order chi connectivity index (χ1) is 10.2. The summed E-state index contributed by atoms with van der Waals surface area (Å²) in [6, 6.07) is 5.82. The number of ether oxygens (including phenoxy) is 1. The molecule has 0 radical (unpaired) electrons. The van der Waals surface area contributed by atoms with Crippen LogP contribution in [0.25, 0.3) is 5.57 Å². The molecule has 1 aromatic carbocycles. The molecule has 1 nitrogen and oxygen atoms in total. The summed E-state index contributed by atoms with van der Waals surface area (Å²) in [4.78, 5) is 0. The lowest BCUT2D eigenvalue weighted by molar-refractivity contribution is -0.137. The van der Waals surface area contributed by atoms with Gasteiger partial charge in [-0.1, -0.05) is 43.4 Å². The minimum absolute atomic E-state index is 0.00406. The maximum absolute atomic E-state index is 13.3. The van der Waals surface area contributed by atoms with Gasteiger partial charge in [0.05, 0.1) is 11.2 Å². The lowest BCUT2D eigenvalue weighted by Gasteiger charge is -2.50. The number of alkyl halides is 3. The highest BCUT2D eigenvalue weighted by atomic mass is 19.4. The number of benzene rings is 1. The average molecular weight is 308 g/mol. The number of fused-ring (bicyclic) bond motifs is 1. The van der Waals surface area contributed by atoms with Gasteiger partial charge in [0.15, 0.2) is 0 Å². The molecule has 3 atom stereocenters. The van der Waals surface area contributed by atoms with Gasteiger partial charge in [0.1, 0.15) is 0 Å². The third-order valence-corrected chi connectivity index (χ3v) is 5.05. The predicted octanol–water partition coefficient (Wildman–Crippen LogP) is 5.09. The van der Waals surface area contributed by atoms with Gasteiger partial charge in [0.2, 0.25) is 0 Å². The number of methoxy groups -OCH3 is 1. The van der Waals surface area contributed by atoms with Crippen molar-refractivity contribution in [3.8, 4) is 0 Å². The third kappa shape index (κ3) is 2.21. The van der Waals surface area contributed by atoms with Gasteiger partial charge in [0.25, 0.3) is 0 Å². The summed E-state index contributed by atoms with van der Waals surface area (Å²) < 4.78 is 45.6. The molecule has 4 rings (SSSR count). The fraction of sp³-hybridized carbons (Fsp3) is 0.444. The summed E-state index contributed by atoms with van der Waals surface area (Å²) >= 11 is 0. The molecule has 2 bridgehead atoms. The molecule has 22 heavy (non-hydrogen) atoms. The molecule has 0 saturated carbocycles. The second kappa shape index (κ2) is 4.72. The minimum Gasteiger partial charge on any atom is -0.378 e. The summed E-state index contributed by atoms with van der Waals surface area (Å²) in [6.45, 7) is 4.00. The topological polar surface area (TPSA) is 9.23 Å². The molecule has 3 aliphatic carbocycles. The fourth-order valence-electron chi connectivity index (χ4n) is 3.78. The molecule has 0 aliphatic heterocycles. The Balaban J connectivity index is 2.14. The molecular weight excluding hydrogens is 289 g/mol. The van der Waals surface area contributed by atoms with Gasteiger partial charge >= 0.3 is 6.18 Å². The second-order valence-corrected chi connectivity index (χ2v) is 6.62. The van der Waals surface area contributed by atoms with Crippen LogP contribution >= 0.6 is 0 Å². The van der Waals surface area contributed by atoms with Gasteiger partial charge in [-0.2, -0.15) is 13.2 Å². The van der Waals surface area contributed by atoms with Gasteiger partial charge in [0, 0.05) is 18.4 Å². The highest BCUT2D eigenvalue weighted by molar-refractivity contribution is 5.77. The Bertz CT molecular complexity index is 659. The van der Waals surface area contributed by atoms with E-state index in [0.29, 0.717) is 6.42 Å². The van der Waals surface area contributed by atoms with Gasteiger partial charge in [-0.3, -0.25) is 0 Å². The Morgan fingerprint density at radius 1 is 1.18 bits per heavy atom. The summed E-state index contributed by atoms with van der Waals surface area (Å²) in [5.74, 6) is -0.00406. The van der Waals surface area contributed by atoms with E-state index in [1.54, 1.807) is 19.2 Å². The van der Waals surface area contributed by atoms with Crippen LogP contribution in [0.4, 0.5) is 13.2 Å². The van der Waals surface area contributed by atoms with Crippen molar-refractivity contribution in [2.75, 3.05) is 7.11 Å². The SMILES string of the molecule is COC1(C)CC2(C)C=CC1C=C2c1ccccc1C(F)(F)F. The molecule has 0 spiro atoms. The summed E-state index contributed by atoms with van der Waals surface area (Å²) in [5, 5.41) is 0. The third-order valence-electron chi connectivity index (χ3n) is 5.05. The van der Waals surface area contributed by atoms with Crippen molar-refractivity contribution < 1.29 is 17.9 Å². The van der Waals surface area contributed by atoms with Crippen LogP contribution in [0.15, 0.2) is 42.5 Å². The largest absolute Gasteiger partial charge is 0.416 e. The number of halogens is 3.